The summed E-state index contributed by atoms with van der Waals surface area (Å²) in [5.74, 6) is 1.87. The first-order valence-corrected chi connectivity index (χ1v) is 6.78. The second-order valence-corrected chi connectivity index (χ2v) is 4.54. The SMILES string of the molecule is CCc1ccc(OCCNC(C)c2ccco2)cc1. The Hall–Kier alpha value is -1.74. The number of hydrogen-bond donors (Lipinski definition) is 1. The monoisotopic (exact) mass is 259 g/mol. The Kier molecular flexibility index (Phi) is 5.04. The van der Waals surface area contributed by atoms with Crippen molar-refractivity contribution in [1.82, 2.24) is 5.32 Å². The summed E-state index contributed by atoms with van der Waals surface area (Å²) < 4.78 is 11.0. The molecule has 0 fully saturated rings. The molecule has 0 aliphatic heterocycles. The molecule has 2 rings (SSSR count). The fraction of sp³-hybridized carbons (Fsp3) is 0.375. The van der Waals surface area contributed by atoms with Gasteiger partial charge >= 0.3 is 0 Å². The molecule has 19 heavy (non-hydrogen) atoms. The lowest BCUT2D eigenvalue weighted by atomic mass is 10.2. The van der Waals surface area contributed by atoms with Crippen LogP contribution in [0.4, 0.5) is 0 Å². The lowest BCUT2D eigenvalue weighted by Gasteiger charge is -2.12. The van der Waals surface area contributed by atoms with Crippen molar-refractivity contribution >= 4 is 0 Å². The van der Waals surface area contributed by atoms with Crippen molar-refractivity contribution in [3.63, 3.8) is 0 Å². The molecule has 0 radical (unpaired) electrons. The van der Waals surface area contributed by atoms with E-state index in [1.165, 1.54) is 5.56 Å². The molecule has 0 saturated heterocycles. The minimum Gasteiger partial charge on any atom is -0.492 e. The van der Waals surface area contributed by atoms with E-state index >= 15 is 0 Å². The van der Waals surface area contributed by atoms with Gasteiger partial charge in [0.15, 0.2) is 0 Å². The molecule has 0 aliphatic rings. The summed E-state index contributed by atoms with van der Waals surface area (Å²) in [4.78, 5) is 0. The standard InChI is InChI=1S/C16H21NO2/c1-3-14-6-8-15(9-7-14)18-12-10-17-13(2)16-5-4-11-19-16/h4-9,11,13,17H,3,10,12H2,1-2H3. The van der Waals surface area contributed by atoms with Gasteiger partial charge in [0.1, 0.15) is 18.1 Å². The number of furan rings is 1. The Bertz CT molecular complexity index is 462. The zero-order valence-electron chi connectivity index (χ0n) is 11.6. The molecule has 1 atom stereocenters. The molecule has 0 spiro atoms. The third kappa shape index (κ3) is 4.14. The number of nitrogens with one attached hydrogen (secondary N) is 1. The fourth-order valence-electron chi connectivity index (χ4n) is 1.90. The Balaban J connectivity index is 1.68. The molecule has 1 aromatic carbocycles. The van der Waals surface area contributed by atoms with E-state index in [2.05, 4.69) is 31.3 Å². The van der Waals surface area contributed by atoms with Gasteiger partial charge in [0.25, 0.3) is 0 Å². The minimum absolute atomic E-state index is 0.209. The topological polar surface area (TPSA) is 34.4 Å². The summed E-state index contributed by atoms with van der Waals surface area (Å²) in [6.45, 7) is 5.67. The molecule has 0 saturated carbocycles. The van der Waals surface area contributed by atoms with Crippen LogP contribution in [0.5, 0.6) is 5.75 Å². The first-order valence-electron chi connectivity index (χ1n) is 6.78. The van der Waals surface area contributed by atoms with E-state index < -0.39 is 0 Å². The van der Waals surface area contributed by atoms with Gasteiger partial charge < -0.3 is 14.5 Å². The zero-order valence-corrected chi connectivity index (χ0v) is 11.6. The van der Waals surface area contributed by atoms with E-state index in [-0.39, 0.29) is 6.04 Å². The van der Waals surface area contributed by atoms with E-state index in [0.29, 0.717) is 6.61 Å². The van der Waals surface area contributed by atoms with Gasteiger partial charge in [0.2, 0.25) is 0 Å². The zero-order chi connectivity index (χ0) is 13.5. The molecule has 0 aliphatic carbocycles. The Morgan fingerprint density at radius 1 is 1.21 bits per heavy atom. The van der Waals surface area contributed by atoms with Crippen LogP contribution in [0, 0.1) is 0 Å². The largest absolute Gasteiger partial charge is 0.492 e. The summed E-state index contributed by atoms with van der Waals surface area (Å²) in [5.41, 5.74) is 1.33. The van der Waals surface area contributed by atoms with Gasteiger partial charge in [-0.25, -0.2) is 0 Å². The third-order valence-corrected chi connectivity index (χ3v) is 3.12. The van der Waals surface area contributed by atoms with Crippen LogP contribution in [0.25, 0.3) is 0 Å². The molecule has 1 heterocycles. The molecule has 1 aromatic heterocycles. The lowest BCUT2D eigenvalue weighted by Crippen LogP contribution is -2.24. The van der Waals surface area contributed by atoms with Crippen LogP contribution in [-0.4, -0.2) is 13.2 Å². The molecule has 1 unspecified atom stereocenters. The summed E-state index contributed by atoms with van der Waals surface area (Å²) in [5, 5.41) is 3.36. The molecule has 3 heteroatoms. The summed E-state index contributed by atoms with van der Waals surface area (Å²) >= 11 is 0. The molecule has 1 N–H and O–H groups in total. The van der Waals surface area contributed by atoms with E-state index in [1.54, 1.807) is 6.26 Å². The average Bonchev–Trinajstić information content (AvgIpc) is 2.98. The summed E-state index contributed by atoms with van der Waals surface area (Å²) in [6.07, 6.45) is 2.75. The Labute approximate surface area is 114 Å². The van der Waals surface area contributed by atoms with Crippen LogP contribution in [0.2, 0.25) is 0 Å². The molecule has 0 amide bonds. The van der Waals surface area contributed by atoms with Gasteiger partial charge in [-0.15, -0.1) is 0 Å². The van der Waals surface area contributed by atoms with E-state index in [0.717, 1.165) is 24.5 Å². The average molecular weight is 259 g/mol. The number of aryl methyl sites for hydroxylation is 1. The van der Waals surface area contributed by atoms with E-state index in [4.69, 9.17) is 9.15 Å². The van der Waals surface area contributed by atoms with Gasteiger partial charge in [-0.1, -0.05) is 19.1 Å². The van der Waals surface area contributed by atoms with E-state index in [9.17, 15) is 0 Å². The molecule has 2 aromatic rings. The van der Waals surface area contributed by atoms with Gasteiger partial charge in [-0.2, -0.15) is 0 Å². The van der Waals surface area contributed by atoms with Crippen LogP contribution in [0.3, 0.4) is 0 Å². The molecule has 3 nitrogen and oxygen atoms in total. The van der Waals surface area contributed by atoms with E-state index in [1.807, 2.05) is 24.3 Å². The predicted octanol–water partition coefficient (Wildman–Crippen LogP) is 3.57. The smallest absolute Gasteiger partial charge is 0.120 e. The second kappa shape index (κ2) is 7.00. The van der Waals surface area contributed by atoms with Crippen LogP contribution in [0.15, 0.2) is 47.1 Å². The van der Waals surface area contributed by atoms with Gasteiger partial charge in [-0.05, 0) is 43.2 Å². The van der Waals surface area contributed by atoms with Crippen molar-refractivity contribution in [3.05, 3.63) is 54.0 Å². The molecule has 0 bridgehead atoms. The number of rotatable bonds is 7. The highest BCUT2D eigenvalue weighted by molar-refractivity contribution is 5.27. The van der Waals surface area contributed by atoms with Crippen LogP contribution in [-0.2, 0) is 6.42 Å². The first-order chi connectivity index (χ1) is 9.29. The lowest BCUT2D eigenvalue weighted by molar-refractivity contribution is 0.302. The molecular weight excluding hydrogens is 238 g/mol. The highest BCUT2D eigenvalue weighted by atomic mass is 16.5. The van der Waals surface area contributed by atoms with Gasteiger partial charge in [0, 0.05) is 6.54 Å². The first kappa shape index (κ1) is 13.7. The normalized spacial score (nSPS) is 12.3. The van der Waals surface area contributed by atoms with Gasteiger partial charge in [0.05, 0.1) is 12.3 Å². The number of ether oxygens (including phenoxy) is 1. The van der Waals surface area contributed by atoms with Crippen LogP contribution >= 0.6 is 0 Å². The number of benzene rings is 1. The maximum absolute atomic E-state index is 5.68. The quantitative estimate of drug-likeness (QED) is 0.772. The Morgan fingerprint density at radius 3 is 2.63 bits per heavy atom. The molecular formula is C16H21NO2. The Morgan fingerprint density at radius 2 is 2.00 bits per heavy atom. The maximum atomic E-state index is 5.68. The molecule has 102 valence electrons. The van der Waals surface area contributed by atoms with Crippen LogP contribution < -0.4 is 10.1 Å². The van der Waals surface area contributed by atoms with Crippen molar-refractivity contribution in [1.29, 1.82) is 0 Å². The predicted molar refractivity (Wildman–Crippen MR) is 76.4 cm³/mol. The third-order valence-electron chi connectivity index (χ3n) is 3.12. The minimum atomic E-state index is 0.209. The summed E-state index contributed by atoms with van der Waals surface area (Å²) in [6, 6.07) is 12.3. The van der Waals surface area contributed by atoms with Crippen molar-refractivity contribution in [2.45, 2.75) is 26.3 Å². The highest BCUT2D eigenvalue weighted by Gasteiger charge is 2.06. The van der Waals surface area contributed by atoms with Crippen molar-refractivity contribution in [2.24, 2.45) is 0 Å². The fourth-order valence-corrected chi connectivity index (χ4v) is 1.90. The second-order valence-electron chi connectivity index (χ2n) is 4.54. The van der Waals surface area contributed by atoms with Crippen molar-refractivity contribution in [2.75, 3.05) is 13.2 Å². The van der Waals surface area contributed by atoms with Crippen molar-refractivity contribution in [3.8, 4) is 5.75 Å². The summed E-state index contributed by atoms with van der Waals surface area (Å²) in [7, 11) is 0. The van der Waals surface area contributed by atoms with Crippen molar-refractivity contribution < 1.29 is 9.15 Å². The number of hydrogen-bond acceptors (Lipinski definition) is 3. The highest BCUT2D eigenvalue weighted by Crippen LogP contribution is 2.13. The maximum Gasteiger partial charge on any atom is 0.120 e. The van der Waals surface area contributed by atoms with Crippen LogP contribution in [0.1, 0.15) is 31.2 Å². The van der Waals surface area contributed by atoms with Gasteiger partial charge in [-0.3, -0.25) is 0 Å².